The van der Waals surface area contributed by atoms with Gasteiger partial charge >= 0.3 is 0 Å². The van der Waals surface area contributed by atoms with E-state index in [1.54, 1.807) is 0 Å². The Morgan fingerprint density at radius 2 is 1.97 bits per heavy atom. The second-order valence-electron chi connectivity index (χ2n) is 9.27. The molecule has 162 valence electrons. The minimum Gasteiger partial charge on any atom is -0.383 e. The summed E-state index contributed by atoms with van der Waals surface area (Å²) in [7, 11) is 0. The molecular formula is C26H23N7. The Balaban J connectivity index is 1.60. The third-order valence-electron chi connectivity index (χ3n) is 7.62. The predicted molar refractivity (Wildman–Crippen MR) is 128 cm³/mol. The van der Waals surface area contributed by atoms with Crippen LogP contribution in [-0.4, -0.2) is 31.6 Å². The third-order valence-corrected chi connectivity index (χ3v) is 7.62. The molecule has 0 aliphatic heterocycles. The van der Waals surface area contributed by atoms with Crippen molar-refractivity contribution in [1.29, 1.82) is 5.26 Å². The molecule has 2 bridgehead atoms. The van der Waals surface area contributed by atoms with Crippen molar-refractivity contribution in [2.24, 2.45) is 0 Å². The van der Waals surface area contributed by atoms with Crippen LogP contribution in [-0.2, 0) is 5.54 Å². The van der Waals surface area contributed by atoms with Gasteiger partial charge in [0, 0.05) is 33.8 Å². The first kappa shape index (κ1) is 19.7. The Bertz CT molecular complexity index is 1490. The third kappa shape index (κ3) is 2.76. The Morgan fingerprint density at radius 3 is 2.76 bits per heavy atom. The van der Waals surface area contributed by atoms with Crippen LogP contribution in [0.25, 0.3) is 33.1 Å². The van der Waals surface area contributed by atoms with Gasteiger partial charge in [-0.1, -0.05) is 24.1 Å². The number of benzene rings is 1. The van der Waals surface area contributed by atoms with E-state index in [1.807, 2.05) is 30.5 Å². The molecule has 0 radical (unpaired) electrons. The highest BCUT2D eigenvalue weighted by Gasteiger charge is 2.56. The maximum atomic E-state index is 9.11. The number of anilines is 1. The number of nitriles is 1. The Morgan fingerprint density at radius 1 is 1.15 bits per heavy atom. The van der Waals surface area contributed by atoms with E-state index in [4.69, 9.17) is 17.4 Å². The maximum absolute atomic E-state index is 9.11. The van der Waals surface area contributed by atoms with Crippen LogP contribution in [0.15, 0.2) is 42.9 Å². The molecular weight excluding hydrogens is 410 g/mol. The summed E-state index contributed by atoms with van der Waals surface area (Å²) in [5.74, 6) is 3.39. The van der Waals surface area contributed by atoms with Crippen LogP contribution in [0, 0.1) is 23.7 Å². The van der Waals surface area contributed by atoms with Gasteiger partial charge < -0.3 is 10.3 Å². The number of terminal acetylenes is 1. The van der Waals surface area contributed by atoms with Gasteiger partial charge in [-0.05, 0) is 44.2 Å². The number of aromatic nitrogens is 4. The Kier molecular flexibility index (Phi) is 4.20. The van der Waals surface area contributed by atoms with Crippen LogP contribution in [0.4, 0.5) is 5.82 Å². The van der Waals surface area contributed by atoms with Crippen molar-refractivity contribution in [3.8, 4) is 29.5 Å². The van der Waals surface area contributed by atoms with Crippen molar-refractivity contribution in [3.05, 3.63) is 48.5 Å². The number of para-hydroxylation sites is 1. The van der Waals surface area contributed by atoms with Gasteiger partial charge in [-0.2, -0.15) is 5.26 Å². The van der Waals surface area contributed by atoms with E-state index in [9.17, 15) is 0 Å². The first-order valence-electron chi connectivity index (χ1n) is 11.2. The van der Waals surface area contributed by atoms with Gasteiger partial charge in [-0.25, -0.2) is 9.97 Å². The van der Waals surface area contributed by atoms with Gasteiger partial charge in [0.2, 0.25) is 0 Å². The van der Waals surface area contributed by atoms with Gasteiger partial charge in [0.25, 0.3) is 0 Å². The lowest BCUT2D eigenvalue weighted by atomic mass is 9.90. The molecule has 2 fully saturated rings. The summed E-state index contributed by atoms with van der Waals surface area (Å²) < 4.78 is 2.24. The zero-order chi connectivity index (χ0) is 22.6. The van der Waals surface area contributed by atoms with Crippen molar-refractivity contribution in [1.82, 2.24) is 24.8 Å². The largest absolute Gasteiger partial charge is 0.383 e. The fourth-order valence-corrected chi connectivity index (χ4v) is 6.17. The summed E-state index contributed by atoms with van der Waals surface area (Å²) in [6.45, 7) is 0.355. The van der Waals surface area contributed by atoms with E-state index >= 15 is 0 Å². The number of fused-ring (bicyclic) bond motifs is 4. The Hall–Kier alpha value is -3.94. The molecule has 0 unspecified atom stereocenters. The number of rotatable bonds is 4. The lowest BCUT2D eigenvalue weighted by molar-refractivity contribution is 0.291. The van der Waals surface area contributed by atoms with E-state index < -0.39 is 0 Å². The van der Waals surface area contributed by atoms with E-state index in [0.717, 1.165) is 70.9 Å². The van der Waals surface area contributed by atoms with Crippen LogP contribution < -0.4 is 11.1 Å². The molecule has 2 saturated carbocycles. The summed E-state index contributed by atoms with van der Waals surface area (Å²) >= 11 is 0. The van der Waals surface area contributed by atoms with Crippen molar-refractivity contribution < 1.29 is 0 Å². The molecule has 2 aliphatic carbocycles. The van der Waals surface area contributed by atoms with E-state index in [-0.39, 0.29) is 11.1 Å². The summed E-state index contributed by atoms with van der Waals surface area (Å²) in [5, 5.41) is 14.4. The lowest BCUT2D eigenvalue weighted by Gasteiger charge is -2.30. The highest BCUT2D eigenvalue weighted by atomic mass is 15.2. The SMILES string of the molecule is C#Cc1c(-c2cnc3ccccc3c2)c2c(N)ncnc2n1C12CCC(NCC#N)(CC1)C2. The summed E-state index contributed by atoms with van der Waals surface area (Å²) in [4.78, 5) is 13.7. The van der Waals surface area contributed by atoms with Crippen LogP contribution in [0.2, 0.25) is 0 Å². The summed E-state index contributed by atoms with van der Waals surface area (Å²) in [5.41, 5.74) is 10.5. The summed E-state index contributed by atoms with van der Waals surface area (Å²) in [6, 6.07) is 12.3. The monoisotopic (exact) mass is 433 g/mol. The normalized spacial score (nSPS) is 23.7. The Labute approximate surface area is 191 Å². The molecule has 0 amide bonds. The number of nitrogens with two attached hydrogens (primary N) is 1. The molecule has 7 heteroatoms. The van der Waals surface area contributed by atoms with Gasteiger partial charge in [0.05, 0.1) is 23.5 Å². The summed E-state index contributed by atoms with van der Waals surface area (Å²) in [6.07, 6.45) is 14.4. The fourth-order valence-electron chi connectivity index (χ4n) is 6.17. The molecule has 33 heavy (non-hydrogen) atoms. The quantitative estimate of drug-likeness (QED) is 0.375. The molecule has 2 aliphatic rings. The minimum absolute atomic E-state index is 0.0264. The van der Waals surface area contributed by atoms with Crippen LogP contribution in [0.1, 0.15) is 37.8 Å². The standard InChI is InChI=1S/C26H23N7/c1-2-20-21(18-13-17-5-3-4-6-19(17)29-14-18)22-23(28)30-16-31-24(22)33(20)26-9-7-25(15-26,8-10-26)32-12-11-27/h1,3-6,13-14,16,32H,7-10,12,15H2,(H2,28,30,31). The molecule has 0 atom stereocenters. The zero-order valence-corrected chi connectivity index (χ0v) is 18.2. The molecule has 4 aromatic rings. The number of hydrogen-bond donors (Lipinski definition) is 2. The molecule has 7 nitrogen and oxygen atoms in total. The molecule has 6 rings (SSSR count). The zero-order valence-electron chi connectivity index (χ0n) is 18.2. The fraction of sp³-hybridized carbons (Fsp3) is 0.308. The number of hydrogen-bond acceptors (Lipinski definition) is 6. The van der Waals surface area contributed by atoms with Crippen molar-refractivity contribution in [3.63, 3.8) is 0 Å². The number of nitrogens with one attached hydrogen (secondary N) is 1. The molecule has 3 heterocycles. The maximum Gasteiger partial charge on any atom is 0.147 e. The molecule has 0 saturated heterocycles. The van der Waals surface area contributed by atoms with Gasteiger partial charge in [-0.3, -0.25) is 10.3 Å². The second kappa shape index (κ2) is 7.03. The lowest BCUT2D eigenvalue weighted by Crippen LogP contribution is -2.41. The predicted octanol–water partition coefficient (Wildman–Crippen LogP) is 3.73. The topological polar surface area (TPSA) is 105 Å². The first-order valence-corrected chi connectivity index (χ1v) is 11.2. The minimum atomic E-state index is -0.161. The van der Waals surface area contributed by atoms with Gasteiger partial charge in [0.15, 0.2) is 0 Å². The highest BCUT2D eigenvalue weighted by molar-refractivity contribution is 6.04. The van der Waals surface area contributed by atoms with Crippen LogP contribution >= 0.6 is 0 Å². The number of nitrogen functional groups attached to an aromatic ring is 1. The van der Waals surface area contributed by atoms with E-state index in [2.05, 4.69) is 42.9 Å². The smallest absolute Gasteiger partial charge is 0.147 e. The van der Waals surface area contributed by atoms with Gasteiger partial charge in [0.1, 0.15) is 23.5 Å². The van der Waals surface area contributed by atoms with Gasteiger partial charge in [-0.15, -0.1) is 6.42 Å². The van der Waals surface area contributed by atoms with Crippen LogP contribution in [0.3, 0.4) is 0 Å². The highest BCUT2D eigenvalue weighted by Crippen LogP contribution is 2.57. The van der Waals surface area contributed by atoms with E-state index in [0.29, 0.717) is 12.4 Å². The average Bonchev–Trinajstić information content (AvgIpc) is 3.51. The second-order valence-corrected chi connectivity index (χ2v) is 9.27. The average molecular weight is 434 g/mol. The van der Waals surface area contributed by atoms with Crippen molar-refractivity contribution >= 4 is 27.8 Å². The number of pyridine rings is 1. The van der Waals surface area contributed by atoms with Crippen molar-refractivity contribution in [2.45, 2.75) is 43.2 Å². The first-order chi connectivity index (χ1) is 16.1. The van der Waals surface area contributed by atoms with Crippen LogP contribution in [0.5, 0.6) is 0 Å². The number of nitrogens with zero attached hydrogens (tertiary/aromatic N) is 5. The molecule has 3 aromatic heterocycles. The molecule has 0 spiro atoms. The van der Waals surface area contributed by atoms with Crippen molar-refractivity contribution in [2.75, 3.05) is 12.3 Å². The van der Waals surface area contributed by atoms with E-state index in [1.165, 1.54) is 6.33 Å². The molecule has 3 N–H and O–H groups in total. The molecule has 1 aromatic carbocycles.